The number of nitrogens with one attached hydrogen (secondary N) is 1. The molecule has 1 aromatic rings. The molecule has 0 aromatic carbocycles. The molecular weight excluding hydrogens is 164 g/mol. The van der Waals surface area contributed by atoms with E-state index in [9.17, 15) is 0 Å². The molecule has 0 bridgehead atoms. The van der Waals surface area contributed by atoms with Crippen LogP contribution in [0.25, 0.3) is 0 Å². The van der Waals surface area contributed by atoms with Crippen molar-refractivity contribution in [1.29, 1.82) is 0 Å². The highest BCUT2D eigenvalue weighted by Crippen LogP contribution is 2.00. The van der Waals surface area contributed by atoms with Gasteiger partial charge >= 0.3 is 0 Å². The zero-order valence-corrected chi connectivity index (χ0v) is 8.33. The predicted molar refractivity (Wildman–Crippen MR) is 53.4 cm³/mol. The first-order chi connectivity index (χ1) is 6.26. The summed E-state index contributed by atoms with van der Waals surface area (Å²) in [6.45, 7) is 3.11. The molecular formula is C10H18N2O. The van der Waals surface area contributed by atoms with Crippen LogP contribution in [0.15, 0.2) is 18.5 Å². The number of aromatic nitrogens is 1. The van der Waals surface area contributed by atoms with Gasteiger partial charge in [-0.15, -0.1) is 0 Å². The molecule has 1 aromatic heterocycles. The highest BCUT2D eigenvalue weighted by molar-refractivity contribution is 5.09. The van der Waals surface area contributed by atoms with Gasteiger partial charge in [0, 0.05) is 32.0 Å². The second kappa shape index (κ2) is 5.04. The summed E-state index contributed by atoms with van der Waals surface area (Å²) in [4.78, 5) is 0. The Morgan fingerprint density at radius 2 is 2.38 bits per heavy atom. The van der Waals surface area contributed by atoms with Crippen molar-refractivity contribution in [2.75, 3.05) is 6.61 Å². The number of hydrogen-bond acceptors (Lipinski definition) is 2. The molecule has 0 aliphatic heterocycles. The topological polar surface area (TPSA) is 37.2 Å². The molecule has 0 fully saturated rings. The van der Waals surface area contributed by atoms with Gasteiger partial charge < -0.3 is 15.0 Å². The summed E-state index contributed by atoms with van der Waals surface area (Å²) >= 11 is 0. The first kappa shape index (κ1) is 10.3. The van der Waals surface area contributed by atoms with Crippen molar-refractivity contribution in [1.82, 2.24) is 9.88 Å². The summed E-state index contributed by atoms with van der Waals surface area (Å²) in [6.07, 6.45) is 5.07. The van der Waals surface area contributed by atoms with Crippen molar-refractivity contribution in [3.8, 4) is 0 Å². The minimum Gasteiger partial charge on any atom is -0.395 e. The van der Waals surface area contributed by atoms with E-state index in [1.807, 2.05) is 17.8 Å². The lowest BCUT2D eigenvalue weighted by atomic mass is 10.2. The molecule has 0 radical (unpaired) electrons. The maximum atomic E-state index is 8.94. The van der Waals surface area contributed by atoms with E-state index in [0.29, 0.717) is 0 Å². The monoisotopic (exact) mass is 182 g/mol. The third-order valence-corrected chi connectivity index (χ3v) is 2.20. The fraction of sp³-hybridized carbons (Fsp3) is 0.600. The predicted octanol–water partition coefficient (Wildman–Crippen LogP) is 0.886. The average molecular weight is 182 g/mol. The number of hydrogen-bond donors (Lipinski definition) is 2. The van der Waals surface area contributed by atoms with Crippen molar-refractivity contribution in [3.63, 3.8) is 0 Å². The number of rotatable bonds is 5. The lowest BCUT2D eigenvalue weighted by Gasteiger charge is -2.12. The van der Waals surface area contributed by atoms with Crippen molar-refractivity contribution >= 4 is 0 Å². The highest BCUT2D eigenvalue weighted by atomic mass is 16.3. The molecule has 74 valence electrons. The normalized spacial score (nSPS) is 13.2. The second-order valence-corrected chi connectivity index (χ2v) is 3.35. The van der Waals surface area contributed by atoms with E-state index in [1.165, 1.54) is 5.56 Å². The maximum Gasteiger partial charge on any atom is 0.0584 e. The zero-order chi connectivity index (χ0) is 9.68. The van der Waals surface area contributed by atoms with E-state index in [4.69, 9.17) is 5.11 Å². The maximum absolute atomic E-state index is 8.94. The van der Waals surface area contributed by atoms with Gasteiger partial charge in [0.05, 0.1) is 6.61 Å². The van der Waals surface area contributed by atoms with Crippen LogP contribution in [-0.4, -0.2) is 22.3 Å². The molecule has 0 saturated carbocycles. The van der Waals surface area contributed by atoms with Crippen LogP contribution < -0.4 is 5.32 Å². The van der Waals surface area contributed by atoms with Gasteiger partial charge in [-0.05, 0) is 18.1 Å². The molecule has 0 amide bonds. The second-order valence-electron chi connectivity index (χ2n) is 3.35. The third-order valence-electron chi connectivity index (χ3n) is 2.20. The number of nitrogens with zero attached hydrogens (tertiary/aromatic N) is 1. The number of aliphatic hydroxyl groups excluding tert-OH is 1. The van der Waals surface area contributed by atoms with E-state index in [1.54, 1.807) is 0 Å². The summed E-state index contributed by atoms with van der Waals surface area (Å²) in [5, 5.41) is 12.2. The summed E-state index contributed by atoms with van der Waals surface area (Å²) in [6, 6.07) is 2.30. The van der Waals surface area contributed by atoms with Gasteiger partial charge in [0.2, 0.25) is 0 Å². The smallest absolute Gasteiger partial charge is 0.0584 e. The molecule has 0 aliphatic carbocycles. The standard InChI is InChI=1S/C10H18N2O/c1-3-10(8-13)11-6-9-4-5-12(2)7-9/h4-5,7,10-11,13H,3,6,8H2,1-2H3/t10-/m1/s1. The molecule has 2 N–H and O–H groups in total. The fourth-order valence-corrected chi connectivity index (χ4v) is 1.27. The Kier molecular flexibility index (Phi) is 3.99. The Morgan fingerprint density at radius 1 is 1.62 bits per heavy atom. The van der Waals surface area contributed by atoms with Gasteiger partial charge in [0.1, 0.15) is 0 Å². The minimum absolute atomic E-state index is 0.212. The van der Waals surface area contributed by atoms with Crippen LogP contribution in [0.4, 0.5) is 0 Å². The molecule has 3 heteroatoms. The molecule has 0 spiro atoms. The first-order valence-corrected chi connectivity index (χ1v) is 4.71. The van der Waals surface area contributed by atoms with Crippen LogP contribution in [0.5, 0.6) is 0 Å². The van der Waals surface area contributed by atoms with E-state index in [0.717, 1.165) is 13.0 Å². The average Bonchev–Trinajstić information content (AvgIpc) is 2.53. The van der Waals surface area contributed by atoms with Crippen molar-refractivity contribution in [2.24, 2.45) is 7.05 Å². The fourth-order valence-electron chi connectivity index (χ4n) is 1.27. The molecule has 1 rings (SSSR count). The summed E-state index contributed by atoms with van der Waals surface area (Å²) in [7, 11) is 2.01. The molecule has 0 aliphatic rings. The van der Waals surface area contributed by atoms with Gasteiger partial charge in [0.25, 0.3) is 0 Å². The van der Waals surface area contributed by atoms with Gasteiger partial charge in [-0.25, -0.2) is 0 Å². The van der Waals surface area contributed by atoms with Gasteiger partial charge in [-0.2, -0.15) is 0 Å². The Labute approximate surface area is 79.4 Å². The van der Waals surface area contributed by atoms with Gasteiger partial charge in [-0.1, -0.05) is 6.92 Å². The van der Waals surface area contributed by atoms with Crippen LogP contribution >= 0.6 is 0 Å². The summed E-state index contributed by atoms with van der Waals surface area (Å²) in [5.41, 5.74) is 1.26. The highest BCUT2D eigenvalue weighted by Gasteiger charge is 2.03. The Morgan fingerprint density at radius 3 is 2.85 bits per heavy atom. The SMILES string of the molecule is CC[C@H](CO)NCc1ccn(C)c1. The lowest BCUT2D eigenvalue weighted by Crippen LogP contribution is -2.30. The van der Waals surface area contributed by atoms with Crippen LogP contribution in [0.3, 0.4) is 0 Å². The van der Waals surface area contributed by atoms with Crippen molar-refractivity contribution < 1.29 is 5.11 Å². The Balaban J connectivity index is 2.33. The third kappa shape index (κ3) is 3.20. The number of aryl methyl sites for hydroxylation is 1. The van der Waals surface area contributed by atoms with Crippen molar-refractivity contribution in [3.05, 3.63) is 24.0 Å². The van der Waals surface area contributed by atoms with Gasteiger partial charge in [-0.3, -0.25) is 0 Å². The molecule has 1 atom stereocenters. The molecule has 13 heavy (non-hydrogen) atoms. The molecule has 1 heterocycles. The van der Waals surface area contributed by atoms with Crippen molar-refractivity contribution in [2.45, 2.75) is 25.9 Å². The lowest BCUT2D eigenvalue weighted by molar-refractivity contribution is 0.238. The molecule has 0 saturated heterocycles. The number of aliphatic hydroxyl groups is 1. The minimum atomic E-state index is 0.212. The van der Waals surface area contributed by atoms with Crippen LogP contribution in [0.2, 0.25) is 0 Å². The van der Waals surface area contributed by atoms with E-state index >= 15 is 0 Å². The summed E-state index contributed by atoms with van der Waals surface area (Å²) < 4.78 is 2.02. The Hall–Kier alpha value is -0.800. The van der Waals surface area contributed by atoms with E-state index in [-0.39, 0.29) is 12.6 Å². The Bertz CT molecular complexity index is 241. The van der Waals surface area contributed by atoms with Crippen LogP contribution in [-0.2, 0) is 13.6 Å². The van der Waals surface area contributed by atoms with Gasteiger partial charge in [0.15, 0.2) is 0 Å². The van der Waals surface area contributed by atoms with Crippen LogP contribution in [0, 0.1) is 0 Å². The first-order valence-electron chi connectivity index (χ1n) is 4.71. The van der Waals surface area contributed by atoms with E-state index < -0.39 is 0 Å². The molecule has 3 nitrogen and oxygen atoms in total. The summed E-state index contributed by atoms with van der Waals surface area (Å²) in [5.74, 6) is 0. The van der Waals surface area contributed by atoms with Crippen LogP contribution in [0.1, 0.15) is 18.9 Å². The zero-order valence-electron chi connectivity index (χ0n) is 8.33. The quantitative estimate of drug-likeness (QED) is 0.709. The molecule has 0 unspecified atom stereocenters. The van der Waals surface area contributed by atoms with E-state index in [2.05, 4.69) is 24.5 Å². The largest absolute Gasteiger partial charge is 0.395 e.